The third kappa shape index (κ3) is 4.98. The van der Waals surface area contributed by atoms with Crippen LogP contribution in [-0.2, 0) is 11.3 Å². The molecule has 8 nitrogen and oxygen atoms in total. The molecule has 1 aromatic heterocycles. The van der Waals surface area contributed by atoms with Gasteiger partial charge in [0.2, 0.25) is 12.7 Å². The second-order valence-electron chi connectivity index (χ2n) is 7.88. The first-order valence-corrected chi connectivity index (χ1v) is 11.8. The summed E-state index contributed by atoms with van der Waals surface area (Å²) in [7, 11) is 0. The maximum absolute atomic E-state index is 12.9. The number of carbonyl (C=O) groups excluding carboxylic acids is 1. The Morgan fingerprint density at radius 3 is 2.63 bits per heavy atom. The Labute approximate surface area is 206 Å². The highest BCUT2D eigenvalue weighted by Crippen LogP contribution is 2.34. The van der Waals surface area contributed by atoms with E-state index >= 15 is 0 Å². The third-order valence-corrected chi connectivity index (χ3v) is 6.54. The quantitative estimate of drug-likeness (QED) is 0.380. The van der Waals surface area contributed by atoms with E-state index in [1.807, 2.05) is 60.0 Å². The van der Waals surface area contributed by atoms with Crippen LogP contribution in [0.15, 0.2) is 78.0 Å². The molecule has 1 N–H and O–H groups in total. The number of nitrogens with zero attached hydrogens (tertiary/aromatic N) is 4. The van der Waals surface area contributed by atoms with Crippen LogP contribution < -0.4 is 14.8 Å². The highest BCUT2D eigenvalue weighted by molar-refractivity contribution is 8.00. The first-order valence-electron chi connectivity index (χ1n) is 11.0. The van der Waals surface area contributed by atoms with Gasteiger partial charge in [-0.25, -0.2) is 0 Å². The summed E-state index contributed by atoms with van der Waals surface area (Å²) in [6, 6.07) is 24.5. The van der Waals surface area contributed by atoms with Crippen LogP contribution >= 0.6 is 11.8 Å². The van der Waals surface area contributed by atoms with Crippen molar-refractivity contribution in [3.8, 4) is 29.0 Å². The van der Waals surface area contributed by atoms with Gasteiger partial charge in [0.15, 0.2) is 22.5 Å². The van der Waals surface area contributed by atoms with Crippen molar-refractivity contribution >= 4 is 23.4 Å². The summed E-state index contributed by atoms with van der Waals surface area (Å²) >= 11 is 1.33. The normalized spacial score (nSPS) is 12.7. The second-order valence-corrected chi connectivity index (χ2v) is 9.19. The van der Waals surface area contributed by atoms with Crippen molar-refractivity contribution < 1.29 is 14.3 Å². The van der Waals surface area contributed by atoms with Crippen molar-refractivity contribution in [3.63, 3.8) is 0 Å². The standard InChI is InChI=1S/C26H21N5O3S/c1-17(25(32)28-21-10-7-18(14-27)8-11-21)35-26-30-29-24(20-5-3-2-4-6-20)31(26)15-19-9-12-22-23(13-19)34-16-33-22/h2-13,17H,15-16H2,1H3,(H,28,32). The maximum atomic E-state index is 12.9. The number of ether oxygens (including phenoxy) is 2. The van der Waals surface area contributed by atoms with Gasteiger partial charge in [0, 0.05) is 11.3 Å². The number of rotatable bonds is 7. The van der Waals surface area contributed by atoms with Crippen LogP contribution in [0.2, 0.25) is 0 Å². The fraction of sp³-hybridized carbons (Fsp3) is 0.154. The van der Waals surface area contributed by atoms with Crippen LogP contribution in [0.1, 0.15) is 18.1 Å². The van der Waals surface area contributed by atoms with E-state index in [9.17, 15) is 4.79 Å². The van der Waals surface area contributed by atoms with Crippen molar-refractivity contribution in [2.24, 2.45) is 0 Å². The minimum atomic E-state index is -0.436. The van der Waals surface area contributed by atoms with Gasteiger partial charge in [0.25, 0.3) is 0 Å². The number of carbonyl (C=O) groups is 1. The Kier molecular flexibility index (Phi) is 6.37. The molecule has 1 aliphatic heterocycles. The molecule has 1 atom stereocenters. The fourth-order valence-corrected chi connectivity index (χ4v) is 4.47. The zero-order valence-electron chi connectivity index (χ0n) is 18.8. The number of hydrogen-bond donors (Lipinski definition) is 1. The van der Waals surface area contributed by atoms with Gasteiger partial charge in [0.05, 0.1) is 23.4 Å². The zero-order chi connectivity index (χ0) is 24.2. The van der Waals surface area contributed by atoms with Crippen molar-refractivity contribution in [3.05, 3.63) is 83.9 Å². The minimum Gasteiger partial charge on any atom is -0.454 e. The lowest BCUT2D eigenvalue weighted by molar-refractivity contribution is -0.115. The number of nitriles is 1. The Bertz CT molecular complexity index is 1400. The largest absolute Gasteiger partial charge is 0.454 e. The second kappa shape index (κ2) is 9.91. The molecular weight excluding hydrogens is 462 g/mol. The Hall–Kier alpha value is -4.29. The lowest BCUT2D eigenvalue weighted by atomic mass is 10.2. The fourth-order valence-electron chi connectivity index (χ4n) is 3.62. The molecule has 1 unspecified atom stereocenters. The number of nitrogens with one attached hydrogen (secondary N) is 1. The molecule has 1 amide bonds. The number of benzene rings is 3. The van der Waals surface area contributed by atoms with Gasteiger partial charge in [-0.1, -0.05) is 48.2 Å². The van der Waals surface area contributed by atoms with Crippen molar-refractivity contribution in [2.75, 3.05) is 12.1 Å². The van der Waals surface area contributed by atoms with E-state index in [-0.39, 0.29) is 12.7 Å². The summed E-state index contributed by atoms with van der Waals surface area (Å²) in [6.07, 6.45) is 0. The zero-order valence-corrected chi connectivity index (χ0v) is 19.7. The van der Waals surface area contributed by atoms with E-state index in [2.05, 4.69) is 21.6 Å². The van der Waals surface area contributed by atoms with Gasteiger partial charge in [-0.3, -0.25) is 9.36 Å². The van der Waals surface area contributed by atoms with E-state index in [0.29, 0.717) is 34.5 Å². The summed E-state index contributed by atoms with van der Waals surface area (Å²) in [4.78, 5) is 12.9. The van der Waals surface area contributed by atoms with Crippen LogP contribution in [0.25, 0.3) is 11.4 Å². The summed E-state index contributed by atoms with van der Waals surface area (Å²) < 4.78 is 13.0. The highest BCUT2D eigenvalue weighted by atomic mass is 32.2. The van der Waals surface area contributed by atoms with Crippen LogP contribution in [0.5, 0.6) is 11.5 Å². The van der Waals surface area contributed by atoms with Crippen LogP contribution in [0, 0.1) is 11.3 Å². The molecule has 3 aromatic carbocycles. The summed E-state index contributed by atoms with van der Waals surface area (Å²) in [5.41, 5.74) is 3.11. The molecule has 5 rings (SSSR count). The molecular formula is C26H21N5O3S. The van der Waals surface area contributed by atoms with Crippen molar-refractivity contribution in [1.82, 2.24) is 14.8 Å². The average Bonchev–Trinajstić information content (AvgIpc) is 3.52. The number of hydrogen-bond acceptors (Lipinski definition) is 7. The SMILES string of the molecule is CC(Sc1nnc(-c2ccccc2)n1Cc1ccc2c(c1)OCO2)C(=O)Nc1ccc(C#N)cc1. The van der Waals surface area contributed by atoms with Crippen LogP contribution in [0.4, 0.5) is 5.69 Å². The smallest absolute Gasteiger partial charge is 0.237 e. The Balaban J connectivity index is 1.39. The van der Waals surface area contributed by atoms with E-state index in [4.69, 9.17) is 14.7 Å². The maximum Gasteiger partial charge on any atom is 0.237 e. The molecule has 4 aromatic rings. The van der Waals surface area contributed by atoms with E-state index in [1.165, 1.54) is 11.8 Å². The molecule has 35 heavy (non-hydrogen) atoms. The molecule has 9 heteroatoms. The average molecular weight is 484 g/mol. The Morgan fingerprint density at radius 2 is 1.86 bits per heavy atom. The third-order valence-electron chi connectivity index (χ3n) is 5.46. The molecule has 0 saturated carbocycles. The number of anilines is 1. The number of thioether (sulfide) groups is 1. The Morgan fingerprint density at radius 1 is 1.09 bits per heavy atom. The monoisotopic (exact) mass is 483 g/mol. The molecule has 0 aliphatic carbocycles. The van der Waals surface area contributed by atoms with Gasteiger partial charge in [-0.05, 0) is 48.9 Å². The molecule has 0 fully saturated rings. The van der Waals surface area contributed by atoms with Gasteiger partial charge in [-0.15, -0.1) is 10.2 Å². The molecule has 2 heterocycles. The number of fused-ring (bicyclic) bond motifs is 1. The first kappa shape index (κ1) is 22.5. The number of aromatic nitrogens is 3. The lowest BCUT2D eigenvalue weighted by Gasteiger charge is -2.14. The van der Waals surface area contributed by atoms with E-state index in [0.717, 1.165) is 16.9 Å². The molecule has 0 saturated heterocycles. The van der Waals surface area contributed by atoms with E-state index in [1.54, 1.807) is 24.3 Å². The topological polar surface area (TPSA) is 102 Å². The molecule has 1 aliphatic rings. The molecule has 0 bridgehead atoms. The van der Waals surface area contributed by atoms with Crippen LogP contribution in [0.3, 0.4) is 0 Å². The minimum absolute atomic E-state index is 0.168. The summed E-state index contributed by atoms with van der Waals surface area (Å²) in [6.45, 7) is 2.54. The first-order chi connectivity index (χ1) is 17.1. The predicted octanol–water partition coefficient (Wildman–Crippen LogP) is 4.71. The molecule has 0 radical (unpaired) electrons. The predicted molar refractivity (Wildman–Crippen MR) is 132 cm³/mol. The number of amides is 1. The summed E-state index contributed by atoms with van der Waals surface area (Å²) in [5, 5.41) is 20.9. The van der Waals surface area contributed by atoms with Gasteiger partial charge in [0.1, 0.15) is 0 Å². The summed E-state index contributed by atoms with van der Waals surface area (Å²) in [5.74, 6) is 1.98. The van der Waals surface area contributed by atoms with Gasteiger partial charge >= 0.3 is 0 Å². The highest BCUT2D eigenvalue weighted by Gasteiger charge is 2.22. The van der Waals surface area contributed by atoms with Crippen molar-refractivity contribution in [1.29, 1.82) is 5.26 Å². The van der Waals surface area contributed by atoms with E-state index < -0.39 is 5.25 Å². The van der Waals surface area contributed by atoms with Gasteiger partial charge in [-0.2, -0.15) is 5.26 Å². The van der Waals surface area contributed by atoms with Crippen molar-refractivity contribution in [2.45, 2.75) is 23.9 Å². The van der Waals surface area contributed by atoms with Crippen LogP contribution in [-0.4, -0.2) is 32.7 Å². The molecule has 0 spiro atoms. The molecule has 174 valence electrons. The van der Waals surface area contributed by atoms with Gasteiger partial charge < -0.3 is 14.8 Å². The lowest BCUT2D eigenvalue weighted by Crippen LogP contribution is -2.23.